The van der Waals surface area contributed by atoms with Gasteiger partial charge in [0.2, 0.25) is 10.0 Å². The molecule has 11 nitrogen and oxygen atoms in total. The predicted octanol–water partition coefficient (Wildman–Crippen LogP) is -2.79. The van der Waals surface area contributed by atoms with Crippen molar-refractivity contribution < 1.29 is 13.2 Å². The van der Waals surface area contributed by atoms with E-state index in [1.54, 1.807) is 7.11 Å². The van der Waals surface area contributed by atoms with E-state index < -0.39 is 15.3 Å². The van der Waals surface area contributed by atoms with E-state index in [0.717, 1.165) is 45.6 Å². The third kappa shape index (κ3) is 4.16. The van der Waals surface area contributed by atoms with Crippen LogP contribution in [-0.2, 0) is 14.8 Å². The van der Waals surface area contributed by atoms with Crippen molar-refractivity contribution >= 4 is 10.0 Å². The summed E-state index contributed by atoms with van der Waals surface area (Å²) in [6.07, 6.45) is 1.83. The molecule has 0 radical (unpaired) electrons. The predicted molar refractivity (Wildman–Crippen MR) is 117 cm³/mol. The lowest BCUT2D eigenvalue weighted by Gasteiger charge is -2.41. The molecule has 178 valence electrons. The molecule has 12 heteroatoms. The van der Waals surface area contributed by atoms with Crippen molar-refractivity contribution in [2.75, 3.05) is 67.0 Å². The Labute approximate surface area is 185 Å². The van der Waals surface area contributed by atoms with Gasteiger partial charge in [-0.05, 0) is 25.8 Å². The number of hydrogen-bond acceptors (Lipinski definition) is 10. The second-order valence-corrected chi connectivity index (χ2v) is 11.8. The number of hydrazine groups is 3. The summed E-state index contributed by atoms with van der Waals surface area (Å²) < 4.78 is 35.7. The van der Waals surface area contributed by atoms with Gasteiger partial charge in [-0.3, -0.25) is 16.3 Å². The molecule has 4 heterocycles. The van der Waals surface area contributed by atoms with E-state index >= 15 is 0 Å². The zero-order chi connectivity index (χ0) is 21.8. The Morgan fingerprint density at radius 1 is 0.935 bits per heavy atom. The fraction of sp³-hybridized carbons (Fsp3) is 1.00. The number of nitrogens with zero attached hydrogens (tertiary/aromatic N) is 4. The number of nitrogens with one attached hydrogen (secondary N) is 4. The largest absolute Gasteiger partial charge is 0.380 e. The zero-order valence-corrected chi connectivity index (χ0v) is 19.6. The van der Waals surface area contributed by atoms with E-state index in [-0.39, 0.29) is 24.2 Å². The van der Waals surface area contributed by atoms with Crippen LogP contribution in [0.15, 0.2) is 0 Å². The molecule has 4 aliphatic heterocycles. The molecule has 0 aromatic rings. The van der Waals surface area contributed by atoms with Crippen LogP contribution in [0.2, 0.25) is 0 Å². The summed E-state index contributed by atoms with van der Waals surface area (Å²) in [6, 6.07) is 0.512. The summed E-state index contributed by atoms with van der Waals surface area (Å²) in [7, 11) is 2.34. The van der Waals surface area contributed by atoms with Crippen molar-refractivity contribution in [1.29, 1.82) is 0 Å². The van der Waals surface area contributed by atoms with Gasteiger partial charge < -0.3 is 9.64 Å². The van der Waals surface area contributed by atoms with Crippen molar-refractivity contribution in [3.05, 3.63) is 0 Å². The molecular formula is C19H38N8O3S. The Kier molecular flexibility index (Phi) is 6.32. The summed E-state index contributed by atoms with van der Waals surface area (Å²) >= 11 is 0. The van der Waals surface area contributed by atoms with Gasteiger partial charge in [0.15, 0.2) is 0 Å². The highest BCUT2D eigenvalue weighted by molar-refractivity contribution is 7.90. The molecule has 5 aliphatic rings. The van der Waals surface area contributed by atoms with Crippen LogP contribution in [0.25, 0.3) is 0 Å². The van der Waals surface area contributed by atoms with Crippen LogP contribution < -0.4 is 21.0 Å². The van der Waals surface area contributed by atoms with Crippen molar-refractivity contribution in [3.8, 4) is 0 Å². The number of hydrogen-bond donors (Lipinski definition) is 4. The molecule has 0 aromatic heterocycles. The number of sulfonamides is 1. The summed E-state index contributed by atoms with van der Waals surface area (Å²) in [5.74, 6) is 0.445. The molecule has 0 bridgehead atoms. The smallest absolute Gasteiger partial charge is 0.217 e. The number of methoxy groups -OCH3 is 1. The lowest BCUT2D eigenvalue weighted by molar-refractivity contribution is 0.00328. The summed E-state index contributed by atoms with van der Waals surface area (Å²) in [4.78, 5) is 2.35. The van der Waals surface area contributed by atoms with Gasteiger partial charge in [-0.15, -0.1) is 0 Å². The van der Waals surface area contributed by atoms with E-state index in [1.807, 2.05) is 7.05 Å². The Morgan fingerprint density at radius 2 is 1.74 bits per heavy atom. The maximum atomic E-state index is 13.4. The standard InChI is InChI=1S/C19H38N8O3S/c1-24-6-7-26-16(12-24)15(10-22-26)27-11-14(9-21-27)31(28,29)23-18-17(30-3)5-4-13-8-20-25(2)19(13)18/h13-23H,4-12H2,1-3H3. The minimum Gasteiger partial charge on any atom is -0.380 e. The molecule has 5 fully saturated rings. The van der Waals surface area contributed by atoms with Crippen LogP contribution in [0, 0.1) is 5.92 Å². The fourth-order valence-corrected chi connectivity index (χ4v) is 7.77. The first-order valence-corrected chi connectivity index (χ1v) is 13.1. The highest BCUT2D eigenvalue weighted by atomic mass is 32.2. The third-order valence-electron chi connectivity index (χ3n) is 8.06. The van der Waals surface area contributed by atoms with Crippen LogP contribution >= 0.6 is 0 Å². The van der Waals surface area contributed by atoms with Gasteiger partial charge in [-0.1, -0.05) is 0 Å². The minimum absolute atomic E-state index is 0.103. The van der Waals surface area contributed by atoms with Crippen molar-refractivity contribution in [2.24, 2.45) is 5.92 Å². The number of rotatable bonds is 5. The SMILES string of the molecule is COC1CCC2CNN(C)C2C1NS(=O)(=O)C1CNN(C2CNN3CCN(C)CC23)C1. The average Bonchev–Trinajstić information content (AvgIpc) is 3.46. The topological polar surface area (TPSA) is 104 Å². The van der Waals surface area contributed by atoms with Crippen molar-refractivity contribution in [1.82, 2.24) is 40.9 Å². The van der Waals surface area contributed by atoms with Gasteiger partial charge >= 0.3 is 0 Å². The fourth-order valence-electron chi connectivity index (χ4n) is 6.26. The van der Waals surface area contributed by atoms with Crippen LogP contribution in [-0.4, -0.2) is 131 Å². The Morgan fingerprint density at radius 3 is 2.55 bits per heavy atom. The highest BCUT2D eigenvalue weighted by Crippen LogP contribution is 2.33. The normalized spacial score (nSPS) is 43.4. The second kappa shape index (κ2) is 8.75. The molecule has 4 N–H and O–H groups in total. The number of fused-ring (bicyclic) bond motifs is 2. The molecule has 0 spiro atoms. The number of piperazine rings is 1. The van der Waals surface area contributed by atoms with Crippen LogP contribution in [0.1, 0.15) is 12.8 Å². The molecule has 7 unspecified atom stereocenters. The van der Waals surface area contributed by atoms with Gasteiger partial charge in [-0.2, -0.15) is 0 Å². The summed E-state index contributed by atoms with van der Waals surface area (Å²) in [5.41, 5.74) is 10.3. The highest BCUT2D eigenvalue weighted by Gasteiger charge is 2.49. The molecule has 1 saturated carbocycles. The quantitative estimate of drug-likeness (QED) is 0.346. The monoisotopic (exact) mass is 458 g/mol. The van der Waals surface area contributed by atoms with Crippen molar-refractivity contribution in [3.63, 3.8) is 0 Å². The lowest BCUT2D eigenvalue weighted by atomic mass is 9.80. The van der Waals surface area contributed by atoms with Crippen LogP contribution in [0.4, 0.5) is 0 Å². The van der Waals surface area contributed by atoms with E-state index in [1.165, 1.54) is 0 Å². The summed E-state index contributed by atoms with van der Waals surface area (Å²) in [6.45, 7) is 5.74. The molecule has 5 rings (SSSR count). The lowest BCUT2D eigenvalue weighted by Crippen LogP contribution is -2.61. The van der Waals surface area contributed by atoms with Gasteiger partial charge in [0.05, 0.1) is 24.2 Å². The van der Waals surface area contributed by atoms with Gasteiger partial charge in [0.25, 0.3) is 0 Å². The first kappa shape index (κ1) is 22.4. The molecule has 31 heavy (non-hydrogen) atoms. The average molecular weight is 459 g/mol. The number of likely N-dealkylation sites (N-methyl/N-ethyl adjacent to an activating group) is 2. The first-order valence-electron chi connectivity index (χ1n) is 11.6. The minimum atomic E-state index is -3.50. The van der Waals surface area contributed by atoms with E-state index in [9.17, 15) is 8.42 Å². The molecular weight excluding hydrogens is 420 g/mol. The van der Waals surface area contributed by atoms with Gasteiger partial charge in [-0.25, -0.2) is 28.2 Å². The van der Waals surface area contributed by atoms with Crippen LogP contribution in [0.3, 0.4) is 0 Å². The molecule has 7 atom stereocenters. The Hall–Kier alpha value is -0.410. The summed E-state index contributed by atoms with van der Waals surface area (Å²) in [5, 5.41) is 6.07. The van der Waals surface area contributed by atoms with Crippen LogP contribution in [0.5, 0.6) is 0 Å². The molecule has 1 aliphatic carbocycles. The van der Waals surface area contributed by atoms with E-state index in [4.69, 9.17) is 4.74 Å². The zero-order valence-electron chi connectivity index (χ0n) is 18.8. The maximum absolute atomic E-state index is 13.4. The second-order valence-electron chi connectivity index (χ2n) is 9.85. The van der Waals surface area contributed by atoms with E-state index in [0.29, 0.717) is 25.0 Å². The maximum Gasteiger partial charge on any atom is 0.217 e. The first-order chi connectivity index (χ1) is 14.9. The molecule has 4 saturated heterocycles. The number of ether oxygens (including phenoxy) is 1. The van der Waals surface area contributed by atoms with Crippen molar-refractivity contribution in [2.45, 2.75) is 48.4 Å². The van der Waals surface area contributed by atoms with Gasteiger partial charge in [0.1, 0.15) is 5.25 Å². The Balaban J connectivity index is 1.26. The third-order valence-corrected chi connectivity index (χ3v) is 9.85. The molecule has 0 aromatic carbocycles. The van der Waals surface area contributed by atoms with Gasteiger partial charge in [0, 0.05) is 66.0 Å². The Bertz CT molecular complexity index is 756. The van der Waals surface area contributed by atoms with E-state index in [2.05, 4.69) is 48.0 Å². The molecule has 0 amide bonds.